The van der Waals surface area contributed by atoms with Crippen LogP contribution in [-0.2, 0) is 9.84 Å². The van der Waals surface area contributed by atoms with Crippen molar-refractivity contribution in [3.63, 3.8) is 0 Å². The summed E-state index contributed by atoms with van der Waals surface area (Å²) in [5.41, 5.74) is 0.558. The van der Waals surface area contributed by atoms with E-state index in [0.29, 0.717) is 5.56 Å². The molecule has 1 aliphatic rings. The van der Waals surface area contributed by atoms with Gasteiger partial charge in [0.25, 0.3) is 0 Å². The standard InChI is InChI=1S/C13H18FNO2S/c1-4-15-13-8(2)9(3)18(16,17)12-6-5-10(14)7-11(12)13/h5-9,13,15H,4H2,1-3H3. The van der Waals surface area contributed by atoms with Crippen LogP contribution in [-0.4, -0.2) is 20.2 Å². The molecule has 3 nitrogen and oxygen atoms in total. The van der Waals surface area contributed by atoms with E-state index >= 15 is 0 Å². The van der Waals surface area contributed by atoms with Crippen LogP contribution >= 0.6 is 0 Å². The van der Waals surface area contributed by atoms with Crippen molar-refractivity contribution >= 4 is 9.84 Å². The molecule has 3 atom stereocenters. The summed E-state index contributed by atoms with van der Waals surface area (Å²) >= 11 is 0. The van der Waals surface area contributed by atoms with Gasteiger partial charge in [-0.1, -0.05) is 13.8 Å². The minimum absolute atomic E-state index is 0.0794. The lowest BCUT2D eigenvalue weighted by atomic mass is 9.91. The average molecular weight is 271 g/mol. The zero-order chi connectivity index (χ0) is 13.5. The molecule has 5 heteroatoms. The summed E-state index contributed by atoms with van der Waals surface area (Å²) in [7, 11) is -3.34. The van der Waals surface area contributed by atoms with Gasteiger partial charge in [0.1, 0.15) is 5.82 Å². The minimum Gasteiger partial charge on any atom is -0.310 e. The van der Waals surface area contributed by atoms with Crippen LogP contribution in [0.25, 0.3) is 0 Å². The highest BCUT2D eigenvalue weighted by Gasteiger charge is 2.41. The minimum atomic E-state index is -3.34. The topological polar surface area (TPSA) is 46.2 Å². The molecule has 1 N–H and O–H groups in total. The van der Waals surface area contributed by atoms with Gasteiger partial charge in [0, 0.05) is 6.04 Å². The van der Waals surface area contributed by atoms with E-state index in [-0.39, 0.29) is 16.9 Å². The smallest absolute Gasteiger partial charge is 0.181 e. The number of halogens is 1. The van der Waals surface area contributed by atoms with Gasteiger partial charge < -0.3 is 5.32 Å². The normalized spacial score (nSPS) is 29.9. The van der Waals surface area contributed by atoms with Gasteiger partial charge >= 0.3 is 0 Å². The molecule has 3 unspecified atom stereocenters. The lowest BCUT2D eigenvalue weighted by Crippen LogP contribution is -2.41. The van der Waals surface area contributed by atoms with Crippen molar-refractivity contribution in [2.75, 3.05) is 6.54 Å². The quantitative estimate of drug-likeness (QED) is 0.839. The van der Waals surface area contributed by atoms with Crippen LogP contribution in [0, 0.1) is 11.7 Å². The predicted molar refractivity (Wildman–Crippen MR) is 68.6 cm³/mol. The summed E-state index contributed by atoms with van der Waals surface area (Å²) in [5.74, 6) is -0.474. The van der Waals surface area contributed by atoms with E-state index in [4.69, 9.17) is 0 Å². The highest BCUT2D eigenvalue weighted by atomic mass is 32.2. The summed E-state index contributed by atoms with van der Waals surface area (Å²) < 4.78 is 38.0. The lowest BCUT2D eigenvalue weighted by Gasteiger charge is -2.36. The molecule has 1 aromatic carbocycles. The van der Waals surface area contributed by atoms with Crippen LogP contribution < -0.4 is 5.32 Å². The van der Waals surface area contributed by atoms with E-state index in [1.54, 1.807) is 6.92 Å². The van der Waals surface area contributed by atoms with Crippen molar-refractivity contribution in [2.45, 2.75) is 37.0 Å². The molecule has 0 bridgehead atoms. The third-order valence-corrected chi connectivity index (χ3v) is 6.19. The third-order valence-electron chi connectivity index (χ3n) is 3.79. The number of benzene rings is 1. The second-order valence-electron chi connectivity index (χ2n) is 4.83. The molecule has 0 aliphatic carbocycles. The average Bonchev–Trinajstić information content (AvgIpc) is 2.32. The molecule has 1 aromatic rings. The number of hydrogen-bond acceptors (Lipinski definition) is 3. The van der Waals surface area contributed by atoms with Gasteiger partial charge in [-0.2, -0.15) is 0 Å². The van der Waals surface area contributed by atoms with E-state index < -0.39 is 20.9 Å². The highest BCUT2D eigenvalue weighted by molar-refractivity contribution is 7.92. The molecule has 0 saturated heterocycles. The Morgan fingerprint density at radius 2 is 2.00 bits per heavy atom. The summed E-state index contributed by atoms with van der Waals surface area (Å²) in [6, 6.07) is 3.82. The first-order valence-electron chi connectivity index (χ1n) is 6.16. The first-order valence-corrected chi connectivity index (χ1v) is 7.71. The maximum absolute atomic E-state index is 13.4. The van der Waals surface area contributed by atoms with Crippen LogP contribution in [0.2, 0.25) is 0 Å². The third kappa shape index (κ3) is 1.95. The zero-order valence-corrected chi connectivity index (χ0v) is 11.6. The van der Waals surface area contributed by atoms with Crippen molar-refractivity contribution < 1.29 is 12.8 Å². The molecule has 1 aliphatic heterocycles. The Labute approximate surface area is 107 Å². The van der Waals surface area contributed by atoms with Crippen LogP contribution in [0.3, 0.4) is 0 Å². The van der Waals surface area contributed by atoms with Crippen LogP contribution in [0.4, 0.5) is 4.39 Å². The van der Waals surface area contributed by atoms with Gasteiger partial charge in [0.15, 0.2) is 9.84 Å². The monoisotopic (exact) mass is 271 g/mol. The number of fused-ring (bicyclic) bond motifs is 1. The molecule has 100 valence electrons. The van der Waals surface area contributed by atoms with Crippen LogP contribution in [0.5, 0.6) is 0 Å². The van der Waals surface area contributed by atoms with Crippen molar-refractivity contribution in [3.05, 3.63) is 29.6 Å². The lowest BCUT2D eigenvalue weighted by molar-refractivity contribution is 0.363. The van der Waals surface area contributed by atoms with Gasteiger partial charge in [0.2, 0.25) is 0 Å². The van der Waals surface area contributed by atoms with Gasteiger partial charge in [0.05, 0.1) is 10.1 Å². The zero-order valence-electron chi connectivity index (χ0n) is 10.8. The summed E-state index contributed by atoms with van der Waals surface area (Å²) in [6.07, 6.45) is 0. The van der Waals surface area contributed by atoms with Gasteiger partial charge in [-0.3, -0.25) is 0 Å². The molecule has 0 radical (unpaired) electrons. The van der Waals surface area contributed by atoms with E-state index in [9.17, 15) is 12.8 Å². The molecule has 0 aromatic heterocycles. The number of hydrogen-bond donors (Lipinski definition) is 1. The molecule has 0 fully saturated rings. The maximum atomic E-state index is 13.4. The highest BCUT2D eigenvalue weighted by Crippen LogP contribution is 2.40. The molecule has 0 saturated carbocycles. The molecule has 0 amide bonds. The summed E-state index contributed by atoms with van der Waals surface area (Å²) in [5, 5.41) is 2.80. The van der Waals surface area contributed by atoms with Crippen molar-refractivity contribution in [2.24, 2.45) is 5.92 Å². The fraction of sp³-hybridized carbons (Fsp3) is 0.538. The summed E-state index contributed by atoms with van der Waals surface area (Å²) in [6.45, 7) is 6.29. The van der Waals surface area contributed by atoms with Crippen LogP contribution in [0.1, 0.15) is 32.4 Å². The largest absolute Gasteiger partial charge is 0.310 e. The fourth-order valence-electron chi connectivity index (χ4n) is 2.57. The van der Waals surface area contributed by atoms with Gasteiger partial charge in [-0.25, -0.2) is 12.8 Å². The van der Waals surface area contributed by atoms with E-state index in [1.807, 2.05) is 13.8 Å². The maximum Gasteiger partial charge on any atom is 0.181 e. The Morgan fingerprint density at radius 1 is 1.33 bits per heavy atom. The SMILES string of the molecule is CCNC1c2cc(F)ccc2S(=O)(=O)C(C)C1C. The fourth-order valence-corrected chi connectivity index (χ4v) is 4.47. The van der Waals surface area contributed by atoms with Crippen LogP contribution in [0.15, 0.2) is 23.1 Å². The molecular formula is C13H18FNO2S. The number of rotatable bonds is 2. The molecule has 2 rings (SSSR count). The molecule has 18 heavy (non-hydrogen) atoms. The van der Waals surface area contributed by atoms with Gasteiger partial charge in [-0.05, 0) is 43.1 Å². The Hall–Kier alpha value is -0.940. The van der Waals surface area contributed by atoms with E-state index in [1.165, 1.54) is 18.2 Å². The van der Waals surface area contributed by atoms with E-state index in [2.05, 4.69) is 5.32 Å². The Balaban J connectivity index is 2.65. The molecule has 1 heterocycles. The number of sulfone groups is 1. The predicted octanol–water partition coefficient (Wildman–Crippen LogP) is 2.29. The Kier molecular flexibility index (Phi) is 3.47. The second-order valence-corrected chi connectivity index (χ2v) is 7.10. The Bertz CT molecular complexity index is 556. The summed E-state index contributed by atoms with van der Waals surface area (Å²) in [4.78, 5) is 0.264. The van der Waals surface area contributed by atoms with Gasteiger partial charge in [-0.15, -0.1) is 0 Å². The van der Waals surface area contributed by atoms with Crippen molar-refractivity contribution in [1.29, 1.82) is 0 Å². The number of nitrogens with one attached hydrogen (secondary N) is 1. The van der Waals surface area contributed by atoms with Crippen molar-refractivity contribution in [1.82, 2.24) is 5.32 Å². The first-order chi connectivity index (χ1) is 8.39. The first kappa shape index (κ1) is 13.5. The molecule has 0 spiro atoms. The van der Waals surface area contributed by atoms with Crippen molar-refractivity contribution in [3.8, 4) is 0 Å². The second kappa shape index (κ2) is 4.63. The Morgan fingerprint density at radius 3 is 2.61 bits per heavy atom. The van der Waals surface area contributed by atoms with E-state index in [0.717, 1.165) is 6.54 Å². The molecular weight excluding hydrogens is 253 g/mol.